The van der Waals surface area contributed by atoms with Crippen LogP contribution in [0, 0.1) is 0 Å². The number of nitrogens with zero attached hydrogens (tertiary/aromatic N) is 1. The summed E-state index contributed by atoms with van der Waals surface area (Å²) >= 11 is 0. The lowest BCUT2D eigenvalue weighted by atomic mass is 10.2. The van der Waals surface area contributed by atoms with E-state index >= 15 is 0 Å². The van der Waals surface area contributed by atoms with Gasteiger partial charge in [-0.05, 0) is 12.0 Å². The van der Waals surface area contributed by atoms with Gasteiger partial charge in [-0.3, -0.25) is 5.10 Å². The molecule has 1 aromatic heterocycles. The number of rotatable bonds is 2. The number of aromatic amines is 1. The Morgan fingerprint density at radius 2 is 2.56 bits per heavy atom. The molecule has 0 aliphatic heterocycles. The first-order valence-electron chi connectivity index (χ1n) is 3.09. The third-order valence-corrected chi connectivity index (χ3v) is 1.39. The van der Waals surface area contributed by atoms with E-state index in [-0.39, 0.29) is 0 Å². The van der Waals surface area contributed by atoms with Crippen LogP contribution in [0.5, 0.6) is 0 Å². The second-order valence-electron chi connectivity index (χ2n) is 1.93. The number of nitrogens with two attached hydrogens (primary N) is 1. The van der Waals surface area contributed by atoms with Gasteiger partial charge in [-0.1, -0.05) is 6.92 Å². The molecule has 1 aromatic rings. The molecule has 0 amide bonds. The van der Waals surface area contributed by atoms with Crippen molar-refractivity contribution in [2.75, 3.05) is 0 Å². The van der Waals surface area contributed by atoms with E-state index in [0.29, 0.717) is 6.54 Å². The summed E-state index contributed by atoms with van der Waals surface area (Å²) in [5.74, 6) is 0. The van der Waals surface area contributed by atoms with Gasteiger partial charge in [0.15, 0.2) is 0 Å². The molecule has 9 heavy (non-hydrogen) atoms. The molecule has 0 saturated heterocycles. The molecule has 0 aliphatic carbocycles. The van der Waals surface area contributed by atoms with Gasteiger partial charge >= 0.3 is 0 Å². The van der Waals surface area contributed by atoms with Crippen LogP contribution in [0.1, 0.15) is 18.2 Å². The zero-order valence-corrected chi connectivity index (χ0v) is 5.52. The van der Waals surface area contributed by atoms with Gasteiger partial charge in [0, 0.05) is 6.54 Å². The number of aromatic nitrogens is 2. The molecule has 0 spiro atoms. The van der Waals surface area contributed by atoms with Gasteiger partial charge in [0.05, 0.1) is 11.9 Å². The number of aryl methyl sites for hydroxylation is 1. The quantitative estimate of drug-likeness (QED) is 0.602. The summed E-state index contributed by atoms with van der Waals surface area (Å²) in [5.41, 5.74) is 7.67. The van der Waals surface area contributed by atoms with Crippen molar-refractivity contribution in [2.45, 2.75) is 19.9 Å². The van der Waals surface area contributed by atoms with Crippen LogP contribution in [-0.4, -0.2) is 10.2 Å². The van der Waals surface area contributed by atoms with Crippen molar-refractivity contribution in [3.63, 3.8) is 0 Å². The Balaban J connectivity index is 2.85. The summed E-state index contributed by atoms with van der Waals surface area (Å²) in [6.07, 6.45) is 2.82. The summed E-state index contributed by atoms with van der Waals surface area (Å²) in [6.45, 7) is 2.65. The van der Waals surface area contributed by atoms with Gasteiger partial charge in [0.25, 0.3) is 0 Å². The molecule has 0 saturated carbocycles. The SMILES string of the molecule is CCc1cn[nH]c1CN. The average Bonchev–Trinajstić information content (AvgIpc) is 2.33. The second kappa shape index (κ2) is 2.64. The smallest absolute Gasteiger partial charge is 0.0522 e. The molecule has 0 atom stereocenters. The second-order valence-corrected chi connectivity index (χ2v) is 1.93. The highest BCUT2D eigenvalue weighted by Crippen LogP contribution is 2.02. The summed E-state index contributed by atoms with van der Waals surface area (Å²) in [4.78, 5) is 0. The first kappa shape index (κ1) is 6.29. The van der Waals surface area contributed by atoms with Crippen LogP contribution in [-0.2, 0) is 13.0 Å². The lowest BCUT2D eigenvalue weighted by Gasteiger charge is -1.92. The molecule has 3 heteroatoms. The molecule has 3 nitrogen and oxygen atoms in total. The standard InChI is InChI=1S/C6H11N3/c1-2-5-4-8-9-6(5)3-7/h4H,2-3,7H2,1H3,(H,8,9). The summed E-state index contributed by atoms with van der Waals surface area (Å²) in [7, 11) is 0. The summed E-state index contributed by atoms with van der Waals surface area (Å²) in [6, 6.07) is 0. The zero-order chi connectivity index (χ0) is 6.69. The minimum absolute atomic E-state index is 0.559. The van der Waals surface area contributed by atoms with Gasteiger partial charge < -0.3 is 5.73 Å². The normalized spacial score (nSPS) is 10.0. The Morgan fingerprint density at radius 1 is 1.78 bits per heavy atom. The number of hydrogen-bond donors (Lipinski definition) is 2. The van der Waals surface area contributed by atoms with Crippen molar-refractivity contribution >= 4 is 0 Å². The number of H-pyrrole nitrogens is 1. The molecule has 3 N–H and O–H groups in total. The van der Waals surface area contributed by atoms with Crippen molar-refractivity contribution < 1.29 is 0 Å². The van der Waals surface area contributed by atoms with Crippen LogP contribution in [0.2, 0.25) is 0 Å². The molecule has 1 rings (SSSR count). The van der Waals surface area contributed by atoms with E-state index in [1.807, 2.05) is 6.20 Å². The molecular weight excluding hydrogens is 114 g/mol. The lowest BCUT2D eigenvalue weighted by Crippen LogP contribution is -1.99. The van der Waals surface area contributed by atoms with E-state index < -0.39 is 0 Å². The van der Waals surface area contributed by atoms with Crippen molar-refractivity contribution in [3.05, 3.63) is 17.5 Å². The zero-order valence-electron chi connectivity index (χ0n) is 5.52. The minimum Gasteiger partial charge on any atom is -0.325 e. The van der Waals surface area contributed by atoms with Crippen molar-refractivity contribution in [3.8, 4) is 0 Å². The predicted octanol–water partition coefficient (Wildman–Crippen LogP) is 0.431. The molecule has 0 aromatic carbocycles. The molecule has 1 heterocycles. The molecule has 0 fully saturated rings. The Morgan fingerprint density at radius 3 is 3.00 bits per heavy atom. The molecule has 0 aliphatic rings. The van der Waals surface area contributed by atoms with Crippen molar-refractivity contribution in [2.24, 2.45) is 5.73 Å². The highest BCUT2D eigenvalue weighted by atomic mass is 15.1. The third-order valence-electron chi connectivity index (χ3n) is 1.39. The van der Waals surface area contributed by atoms with Gasteiger partial charge in [-0.25, -0.2) is 0 Å². The molecule has 0 radical (unpaired) electrons. The Kier molecular flexibility index (Phi) is 1.85. The molecule has 50 valence electrons. The summed E-state index contributed by atoms with van der Waals surface area (Å²) in [5, 5.41) is 6.69. The predicted molar refractivity (Wildman–Crippen MR) is 35.9 cm³/mol. The Hall–Kier alpha value is -0.830. The minimum atomic E-state index is 0.559. The fourth-order valence-electron chi connectivity index (χ4n) is 0.819. The first-order valence-corrected chi connectivity index (χ1v) is 3.09. The van der Waals surface area contributed by atoms with E-state index in [4.69, 9.17) is 5.73 Å². The van der Waals surface area contributed by atoms with E-state index in [1.54, 1.807) is 0 Å². The van der Waals surface area contributed by atoms with Gasteiger partial charge in [-0.15, -0.1) is 0 Å². The number of hydrogen-bond acceptors (Lipinski definition) is 2. The fraction of sp³-hybridized carbons (Fsp3) is 0.500. The van der Waals surface area contributed by atoms with Crippen LogP contribution in [0.3, 0.4) is 0 Å². The van der Waals surface area contributed by atoms with Crippen LogP contribution in [0.15, 0.2) is 6.20 Å². The van der Waals surface area contributed by atoms with Gasteiger partial charge in [-0.2, -0.15) is 5.10 Å². The average molecular weight is 125 g/mol. The third kappa shape index (κ3) is 1.10. The maximum absolute atomic E-state index is 5.40. The van der Waals surface area contributed by atoms with E-state index in [2.05, 4.69) is 17.1 Å². The van der Waals surface area contributed by atoms with Crippen LogP contribution < -0.4 is 5.73 Å². The monoisotopic (exact) mass is 125 g/mol. The van der Waals surface area contributed by atoms with Crippen LogP contribution in [0.4, 0.5) is 0 Å². The molecular formula is C6H11N3. The maximum atomic E-state index is 5.40. The Labute approximate surface area is 54.3 Å². The van der Waals surface area contributed by atoms with E-state index in [9.17, 15) is 0 Å². The summed E-state index contributed by atoms with van der Waals surface area (Å²) < 4.78 is 0. The van der Waals surface area contributed by atoms with Crippen molar-refractivity contribution in [1.29, 1.82) is 0 Å². The lowest BCUT2D eigenvalue weighted by molar-refractivity contribution is 0.929. The van der Waals surface area contributed by atoms with Gasteiger partial charge in [0.1, 0.15) is 0 Å². The first-order chi connectivity index (χ1) is 4.38. The largest absolute Gasteiger partial charge is 0.325 e. The highest BCUT2D eigenvalue weighted by Gasteiger charge is 1.97. The topological polar surface area (TPSA) is 54.7 Å². The molecule has 0 bridgehead atoms. The van der Waals surface area contributed by atoms with Crippen LogP contribution >= 0.6 is 0 Å². The number of nitrogens with one attached hydrogen (secondary N) is 1. The maximum Gasteiger partial charge on any atom is 0.0522 e. The van der Waals surface area contributed by atoms with E-state index in [0.717, 1.165) is 12.1 Å². The fourth-order valence-corrected chi connectivity index (χ4v) is 0.819. The van der Waals surface area contributed by atoms with Gasteiger partial charge in [0.2, 0.25) is 0 Å². The van der Waals surface area contributed by atoms with Crippen molar-refractivity contribution in [1.82, 2.24) is 10.2 Å². The molecule has 0 unspecified atom stereocenters. The Bertz CT molecular complexity index is 162. The highest BCUT2D eigenvalue weighted by molar-refractivity contribution is 5.15. The van der Waals surface area contributed by atoms with E-state index in [1.165, 1.54) is 5.56 Å². The van der Waals surface area contributed by atoms with Crippen LogP contribution in [0.25, 0.3) is 0 Å².